The quantitative estimate of drug-likeness (QED) is 0.628. The van der Waals surface area contributed by atoms with Gasteiger partial charge in [0.15, 0.2) is 0 Å². The SMILES string of the molecule is CN([S])Cc1ccccc1. The molecule has 1 rings (SSSR count). The van der Waals surface area contributed by atoms with Crippen molar-refractivity contribution < 1.29 is 0 Å². The van der Waals surface area contributed by atoms with Crippen LogP contribution in [0.2, 0.25) is 0 Å². The Bertz CT molecular complexity index is 184. The van der Waals surface area contributed by atoms with Gasteiger partial charge in [-0.25, -0.2) is 4.31 Å². The summed E-state index contributed by atoms with van der Waals surface area (Å²) < 4.78 is 1.75. The molecule has 1 nitrogen and oxygen atoms in total. The number of hydrogen-bond donors (Lipinski definition) is 0. The van der Waals surface area contributed by atoms with Crippen LogP contribution in [0.3, 0.4) is 0 Å². The number of nitrogens with zero attached hydrogens (tertiary/aromatic N) is 1. The lowest BCUT2D eigenvalue weighted by Crippen LogP contribution is -2.03. The Balaban J connectivity index is 2.59. The Morgan fingerprint density at radius 2 is 1.90 bits per heavy atom. The zero-order chi connectivity index (χ0) is 7.40. The van der Waals surface area contributed by atoms with E-state index in [2.05, 4.69) is 12.1 Å². The van der Waals surface area contributed by atoms with Crippen molar-refractivity contribution in [1.82, 2.24) is 4.31 Å². The lowest BCUT2D eigenvalue weighted by molar-refractivity contribution is 0.572. The fourth-order valence-electron chi connectivity index (χ4n) is 0.841. The van der Waals surface area contributed by atoms with Gasteiger partial charge in [-0.3, -0.25) is 0 Å². The standard InChI is InChI=1S/C8H10NS/c1-9(10)7-8-5-3-2-4-6-8/h2-6H,7H2,1H3. The molecule has 0 saturated heterocycles. The van der Waals surface area contributed by atoms with Crippen molar-refractivity contribution in [3.63, 3.8) is 0 Å². The van der Waals surface area contributed by atoms with Crippen LogP contribution in [0.15, 0.2) is 30.3 Å². The highest BCUT2D eigenvalue weighted by molar-refractivity contribution is 7.77. The second-order valence-corrected chi connectivity index (χ2v) is 2.89. The summed E-state index contributed by atoms with van der Waals surface area (Å²) in [6.45, 7) is 0.843. The molecule has 1 aromatic carbocycles. The van der Waals surface area contributed by atoms with Crippen molar-refractivity contribution in [2.45, 2.75) is 6.54 Å². The maximum absolute atomic E-state index is 4.89. The summed E-state index contributed by atoms with van der Waals surface area (Å²) in [4.78, 5) is 0. The second-order valence-electron chi connectivity index (χ2n) is 2.27. The zero-order valence-electron chi connectivity index (χ0n) is 5.95. The first kappa shape index (κ1) is 7.63. The third-order valence-electron chi connectivity index (χ3n) is 1.25. The Morgan fingerprint density at radius 1 is 1.30 bits per heavy atom. The Hall–Kier alpha value is -0.470. The number of rotatable bonds is 2. The Morgan fingerprint density at radius 3 is 2.40 bits per heavy atom. The monoisotopic (exact) mass is 152 g/mol. The highest BCUT2D eigenvalue weighted by Crippen LogP contribution is 2.02. The molecule has 53 valence electrons. The molecule has 0 aromatic heterocycles. The molecule has 10 heavy (non-hydrogen) atoms. The van der Waals surface area contributed by atoms with Crippen LogP contribution < -0.4 is 0 Å². The summed E-state index contributed by atoms with van der Waals surface area (Å²) in [5, 5.41) is 0. The van der Waals surface area contributed by atoms with Crippen LogP contribution in [0.5, 0.6) is 0 Å². The van der Waals surface area contributed by atoms with Crippen LogP contribution in [-0.4, -0.2) is 11.4 Å². The van der Waals surface area contributed by atoms with Crippen LogP contribution in [0.1, 0.15) is 5.56 Å². The number of benzene rings is 1. The van der Waals surface area contributed by atoms with E-state index in [1.165, 1.54) is 5.56 Å². The van der Waals surface area contributed by atoms with Gasteiger partial charge in [0.25, 0.3) is 0 Å². The maximum Gasteiger partial charge on any atom is 0.0345 e. The predicted molar refractivity (Wildman–Crippen MR) is 45.5 cm³/mol. The van der Waals surface area contributed by atoms with E-state index >= 15 is 0 Å². The minimum absolute atomic E-state index is 0.843. The lowest BCUT2D eigenvalue weighted by Gasteiger charge is -2.05. The van der Waals surface area contributed by atoms with Crippen LogP contribution in [0, 0.1) is 0 Å². The largest absolute Gasteiger partial charge is 0.239 e. The third-order valence-corrected chi connectivity index (χ3v) is 1.38. The van der Waals surface area contributed by atoms with E-state index in [1.54, 1.807) is 4.31 Å². The average Bonchev–Trinajstić information content (AvgIpc) is 1.88. The molecule has 0 fully saturated rings. The van der Waals surface area contributed by atoms with Gasteiger partial charge in [0.1, 0.15) is 0 Å². The molecule has 0 unspecified atom stereocenters. The highest BCUT2D eigenvalue weighted by Gasteiger charge is 1.92. The molecule has 0 N–H and O–H groups in total. The van der Waals surface area contributed by atoms with Gasteiger partial charge in [0, 0.05) is 19.4 Å². The smallest absolute Gasteiger partial charge is 0.0345 e. The molecule has 1 radical (unpaired) electrons. The summed E-state index contributed by atoms with van der Waals surface area (Å²) >= 11 is 4.89. The van der Waals surface area contributed by atoms with Crippen LogP contribution in [0.25, 0.3) is 0 Å². The van der Waals surface area contributed by atoms with Crippen molar-refractivity contribution in [3.8, 4) is 0 Å². The first-order chi connectivity index (χ1) is 4.79. The van der Waals surface area contributed by atoms with E-state index in [0.29, 0.717) is 0 Å². The normalized spacial score (nSPS) is 10.3. The van der Waals surface area contributed by atoms with Gasteiger partial charge >= 0.3 is 0 Å². The average molecular weight is 152 g/mol. The molecule has 0 heterocycles. The van der Waals surface area contributed by atoms with Gasteiger partial charge in [-0.05, 0) is 12.6 Å². The van der Waals surface area contributed by atoms with E-state index in [0.717, 1.165) is 6.54 Å². The second kappa shape index (κ2) is 3.64. The van der Waals surface area contributed by atoms with E-state index < -0.39 is 0 Å². The zero-order valence-corrected chi connectivity index (χ0v) is 6.77. The van der Waals surface area contributed by atoms with Crippen molar-refractivity contribution in [2.24, 2.45) is 0 Å². The van der Waals surface area contributed by atoms with Gasteiger partial charge in [0.2, 0.25) is 0 Å². The van der Waals surface area contributed by atoms with Crippen LogP contribution in [-0.2, 0) is 6.54 Å². The van der Waals surface area contributed by atoms with E-state index in [-0.39, 0.29) is 0 Å². The molecular formula is C8H10NS. The molecule has 0 spiro atoms. The molecule has 0 atom stereocenters. The minimum atomic E-state index is 0.843. The summed E-state index contributed by atoms with van der Waals surface area (Å²) in [6.07, 6.45) is 0. The molecule has 0 saturated carbocycles. The first-order valence-corrected chi connectivity index (χ1v) is 3.58. The predicted octanol–water partition coefficient (Wildman–Crippen LogP) is 2.23. The van der Waals surface area contributed by atoms with Gasteiger partial charge in [-0.2, -0.15) is 0 Å². The molecular weight excluding hydrogens is 142 g/mol. The molecule has 2 heteroatoms. The Kier molecular flexibility index (Phi) is 2.78. The summed E-state index contributed by atoms with van der Waals surface area (Å²) in [5.41, 5.74) is 1.26. The fourth-order valence-corrected chi connectivity index (χ4v) is 0.990. The van der Waals surface area contributed by atoms with Crippen molar-refractivity contribution >= 4 is 12.8 Å². The molecule has 0 bridgehead atoms. The third kappa shape index (κ3) is 2.42. The van der Waals surface area contributed by atoms with E-state index in [1.807, 2.05) is 25.2 Å². The molecule has 0 aliphatic carbocycles. The minimum Gasteiger partial charge on any atom is -0.239 e. The summed E-state index contributed by atoms with van der Waals surface area (Å²) in [5.74, 6) is 0. The van der Waals surface area contributed by atoms with Gasteiger partial charge < -0.3 is 0 Å². The van der Waals surface area contributed by atoms with Crippen molar-refractivity contribution in [3.05, 3.63) is 35.9 Å². The van der Waals surface area contributed by atoms with Crippen molar-refractivity contribution in [2.75, 3.05) is 7.05 Å². The van der Waals surface area contributed by atoms with Crippen molar-refractivity contribution in [1.29, 1.82) is 0 Å². The van der Waals surface area contributed by atoms with E-state index in [4.69, 9.17) is 12.8 Å². The molecule has 1 aromatic rings. The van der Waals surface area contributed by atoms with Crippen LogP contribution >= 0.6 is 12.8 Å². The highest BCUT2D eigenvalue weighted by atomic mass is 32.1. The van der Waals surface area contributed by atoms with Gasteiger partial charge in [-0.15, -0.1) is 0 Å². The van der Waals surface area contributed by atoms with Crippen LogP contribution in [0.4, 0.5) is 0 Å². The molecule has 0 aliphatic heterocycles. The Labute approximate surface area is 67.2 Å². The topological polar surface area (TPSA) is 3.24 Å². The number of hydrogen-bond acceptors (Lipinski definition) is 1. The van der Waals surface area contributed by atoms with E-state index in [9.17, 15) is 0 Å². The fraction of sp³-hybridized carbons (Fsp3) is 0.250. The lowest BCUT2D eigenvalue weighted by atomic mass is 10.2. The summed E-state index contributed by atoms with van der Waals surface area (Å²) in [7, 11) is 1.89. The first-order valence-electron chi connectivity index (χ1n) is 3.21. The van der Waals surface area contributed by atoms with Gasteiger partial charge in [-0.1, -0.05) is 30.3 Å². The molecule has 0 amide bonds. The summed E-state index contributed by atoms with van der Waals surface area (Å²) in [6, 6.07) is 10.2. The van der Waals surface area contributed by atoms with Gasteiger partial charge in [0.05, 0.1) is 0 Å². The maximum atomic E-state index is 4.89. The molecule has 0 aliphatic rings.